The maximum Gasteiger partial charge on any atom is 0.218 e. The van der Waals surface area contributed by atoms with E-state index in [9.17, 15) is 13.2 Å². The Kier molecular flexibility index (Phi) is 5.54. The fourth-order valence-electron chi connectivity index (χ4n) is 3.91. The van der Waals surface area contributed by atoms with E-state index in [1.165, 1.54) is 0 Å². The van der Waals surface area contributed by atoms with Gasteiger partial charge < -0.3 is 4.98 Å². The van der Waals surface area contributed by atoms with E-state index in [1.807, 2.05) is 61.5 Å². The summed E-state index contributed by atoms with van der Waals surface area (Å²) in [5.74, 6) is 0.0699. The van der Waals surface area contributed by atoms with Crippen LogP contribution in [0.3, 0.4) is 0 Å². The number of hydrogen-bond acceptors (Lipinski definition) is 4. The van der Waals surface area contributed by atoms with Gasteiger partial charge >= 0.3 is 0 Å². The number of Topliss-reactive ketones (excluding diaryl/α,β-unsaturated/α-hetero) is 1. The Morgan fingerprint density at radius 3 is 2.38 bits per heavy atom. The van der Waals surface area contributed by atoms with Gasteiger partial charge in [0.1, 0.15) is 0 Å². The Labute approximate surface area is 171 Å². The first kappa shape index (κ1) is 19.8. The molecule has 1 aliphatic rings. The molecule has 6 nitrogen and oxygen atoms in total. The highest BCUT2D eigenvalue weighted by molar-refractivity contribution is 7.88. The van der Waals surface area contributed by atoms with Gasteiger partial charge in [-0.15, -0.1) is 0 Å². The number of H-pyrrole nitrogens is 1. The molecule has 0 spiro atoms. The zero-order chi connectivity index (χ0) is 20.4. The molecule has 0 bridgehead atoms. The molecule has 1 fully saturated rings. The first-order valence-corrected chi connectivity index (χ1v) is 11.4. The second-order valence-electron chi connectivity index (χ2n) is 7.46. The van der Waals surface area contributed by atoms with Gasteiger partial charge in [0.05, 0.1) is 11.8 Å². The maximum absolute atomic E-state index is 13.0. The lowest BCUT2D eigenvalue weighted by molar-refractivity contribution is 0.0784. The number of benzene rings is 2. The summed E-state index contributed by atoms with van der Waals surface area (Å²) in [5.41, 5.74) is 2.42. The molecule has 1 saturated heterocycles. The number of fused-ring (bicyclic) bond motifs is 1. The van der Waals surface area contributed by atoms with E-state index >= 15 is 0 Å². The van der Waals surface area contributed by atoms with Gasteiger partial charge in [-0.3, -0.25) is 9.69 Å². The van der Waals surface area contributed by atoms with Crippen molar-refractivity contribution in [3.8, 4) is 0 Å². The lowest BCUT2D eigenvalue weighted by Gasteiger charge is -2.36. The molecule has 0 unspecified atom stereocenters. The zero-order valence-electron chi connectivity index (χ0n) is 16.4. The summed E-state index contributed by atoms with van der Waals surface area (Å²) in [5, 5.41) is 0.924. The highest BCUT2D eigenvalue weighted by Crippen LogP contribution is 2.22. The maximum atomic E-state index is 13.0. The Morgan fingerprint density at radius 1 is 1.00 bits per heavy atom. The second-order valence-corrected chi connectivity index (χ2v) is 9.43. The van der Waals surface area contributed by atoms with Crippen LogP contribution in [-0.4, -0.2) is 60.6 Å². The molecule has 7 heteroatoms. The fourth-order valence-corrected chi connectivity index (χ4v) is 5.43. The van der Waals surface area contributed by atoms with Gasteiger partial charge in [0.25, 0.3) is 0 Å². The molecule has 1 aromatic heterocycles. The standard InChI is InChI=1S/C22H25N3O3S/c1-17(22(26)20-15-23-21-10-6-5-9-19(20)21)24-11-13-25(14-12-24)29(27,28)16-18-7-3-2-4-8-18/h2-10,15,17,23H,11-14,16H2,1H3/t17-/m0/s1. The van der Waals surface area contributed by atoms with Crippen LogP contribution in [0.15, 0.2) is 60.8 Å². The molecule has 1 N–H and O–H groups in total. The van der Waals surface area contributed by atoms with E-state index in [0.717, 1.165) is 16.5 Å². The van der Waals surface area contributed by atoms with E-state index in [1.54, 1.807) is 10.5 Å². The van der Waals surface area contributed by atoms with Gasteiger partial charge in [0.2, 0.25) is 10.0 Å². The SMILES string of the molecule is C[C@@H](C(=O)c1c[nH]c2ccccc12)N1CCN(S(=O)(=O)Cc2ccccc2)CC1. The second kappa shape index (κ2) is 8.10. The molecule has 0 amide bonds. The summed E-state index contributed by atoms with van der Waals surface area (Å²) in [6.07, 6.45) is 1.77. The molecule has 0 saturated carbocycles. The van der Waals surface area contributed by atoms with Gasteiger partial charge in [-0.05, 0) is 18.6 Å². The van der Waals surface area contributed by atoms with Gasteiger partial charge in [-0.25, -0.2) is 8.42 Å². The van der Waals surface area contributed by atoms with Crippen LogP contribution < -0.4 is 0 Å². The van der Waals surface area contributed by atoms with Crippen LogP contribution in [0.2, 0.25) is 0 Å². The van der Waals surface area contributed by atoms with Crippen LogP contribution in [0.5, 0.6) is 0 Å². The molecule has 0 radical (unpaired) electrons. The van der Waals surface area contributed by atoms with E-state index < -0.39 is 10.0 Å². The van der Waals surface area contributed by atoms with Crippen molar-refractivity contribution in [3.63, 3.8) is 0 Å². The summed E-state index contributed by atoms with van der Waals surface area (Å²) in [4.78, 5) is 18.3. The quantitative estimate of drug-likeness (QED) is 0.633. The molecular formula is C22H25N3O3S. The Bertz CT molecular complexity index is 1100. The number of para-hydroxylation sites is 1. The molecule has 1 atom stereocenters. The smallest absolute Gasteiger partial charge is 0.218 e. The number of carbonyl (C=O) groups is 1. The van der Waals surface area contributed by atoms with Crippen molar-refractivity contribution in [3.05, 3.63) is 71.9 Å². The monoisotopic (exact) mass is 411 g/mol. The summed E-state index contributed by atoms with van der Waals surface area (Å²) in [6, 6.07) is 16.7. The number of aromatic amines is 1. The van der Waals surface area contributed by atoms with Crippen LogP contribution in [0.4, 0.5) is 0 Å². The Hall–Kier alpha value is -2.48. The van der Waals surface area contributed by atoms with E-state index in [0.29, 0.717) is 31.7 Å². The van der Waals surface area contributed by atoms with Crippen LogP contribution in [0, 0.1) is 0 Å². The first-order valence-electron chi connectivity index (χ1n) is 9.82. The summed E-state index contributed by atoms with van der Waals surface area (Å²) >= 11 is 0. The molecule has 2 heterocycles. The fraction of sp³-hybridized carbons (Fsp3) is 0.318. The lowest BCUT2D eigenvalue weighted by atomic mass is 10.0. The minimum atomic E-state index is -3.36. The van der Waals surface area contributed by atoms with Crippen molar-refractivity contribution < 1.29 is 13.2 Å². The molecule has 152 valence electrons. The predicted octanol–water partition coefficient (Wildman–Crippen LogP) is 2.89. The third-order valence-electron chi connectivity index (χ3n) is 5.64. The van der Waals surface area contributed by atoms with Gasteiger partial charge in [0.15, 0.2) is 5.78 Å². The van der Waals surface area contributed by atoms with Crippen LogP contribution in [0.1, 0.15) is 22.8 Å². The number of sulfonamides is 1. The van der Waals surface area contributed by atoms with Crippen molar-refractivity contribution in [2.45, 2.75) is 18.7 Å². The van der Waals surface area contributed by atoms with Crippen molar-refractivity contribution in [2.24, 2.45) is 0 Å². The highest BCUT2D eigenvalue weighted by atomic mass is 32.2. The number of ketones is 1. The molecule has 3 aromatic rings. The first-order chi connectivity index (χ1) is 14.0. The lowest BCUT2D eigenvalue weighted by Crippen LogP contribution is -2.53. The molecule has 29 heavy (non-hydrogen) atoms. The summed E-state index contributed by atoms with van der Waals surface area (Å²) in [7, 11) is -3.36. The van der Waals surface area contributed by atoms with Gasteiger partial charge in [0, 0.05) is 48.8 Å². The largest absolute Gasteiger partial charge is 0.360 e. The number of nitrogens with zero attached hydrogens (tertiary/aromatic N) is 2. The Balaban J connectivity index is 1.40. The normalized spacial score (nSPS) is 17.4. The predicted molar refractivity (Wildman–Crippen MR) is 114 cm³/mol. The minimum Gasteiger partial charge on any atom is -0.360 e. The molecule has 1 aliphatic heterocycles. The zero-order valence-corrected chi connectivity index (χ0v) is 17.2. The van der Waals surface area contributed by atoms with Crippen molar-refractivity contribution in [2.75, 3.05) is 26.2 Å². The van der Waals surface area contributed by atoms with E-state index in [4.69, 9.17) is 0 Å². The number of piperazine rings is 1. The number of aromatic nitrogens is 1. The van der Waals surface area contributed by atoms with Crippen molar-refractivity contribution in [1.29, 1.82) is 0 Å². The molecule has 0 aliphatic carbocycles. The van der Waals surface area contributed by atoms with Crippen molar-refractivity contribution in [1.82, 2.24) is 14.2 Å². The highest BCUT2D eigenvalue weighted by Gasteiger charge is 2.31. The number of hydrogen-bond donors (Lipinski definition) is 1. The van der Waals surface area contributed by atoms with Gasteiger partial charge in [-0.1, -0.05) is 48.5 Å². The average molecular weight is 412 g/mol. The molecule has 2 aromatic carbocycles. The van der Waals surface area contributed by atoms with Crippen LogP contribution in [0.25, 0.3) is 10.9 Å². The van der Waals surface area contributed by atoms with E-state index in [2.05, 4.69) is 9.88 Å². The molecule has 4 rings (SSSR count). The summed E-state index contributed by atoms with van der Waals surface area (Å²) in [6.45, 7) is 3.80. The topological polar surface area (TPSA) is 73.5 Å². The molecular weight excluding hydrogens is 386 g/mol. The minimum absolute atomic E-state index is 0.0116. The average Bonchev–Trinajstić information content (AvgIpc) is 3.17. The van der Waals surface area contributed by atoms with Gasteiger partial charge in [-0.2, -0.15) is 4.31 Å². The van der Waals surface area contributed by atoms with E-state index in [-0.39, 0.29) is 17.6 Å². The third-order valence-corrected chi connectivity index (χ3v) is 7.49. The van der Waals surface area contributed by atoms with Crippen LogP contribution >= 0.6 is 0 Å². The number of carbonyl (C=O) groups excluding carboxylic acids is 1. The van der Waals surface area contributed by atoms with Crippen molar-refractivity contribution >= 4 is 26.7 Å². The summed E-state index contributed by atoms with van der Waals surface area (Å²) < 4.78 is 27.0. The third kappa shape index (κ3) is 4.12. The Morgan fingerprint density at radius 2 is 1.66 bits per heavy atom. The number of nitrogens with one attached hydrogen (secondary N) is 1. The van der Waals surface area contributed by atoms with Crippen LogP contribution in [-0.2, 0) is 15.8 Å². The number of rotatable bonds is 6.